The van der Waals surface area contributed by atoms with Gasteiger partial charge in [-0.25, -0.2) is 4.79 Å². The number of carbonyl (C=O) groups excluding carboxylic acids is 2. The molecule has 0 aromatic heterocycles. The fourth-order valence-corrected chi connectivity index (χ4v) is 3.68. The maximum Gasteiger partial charge on any atom is 0.407 e. The predicted molar refractivity (Wildman–Crippen MR) is 123 cm³/mol. The zero-order valence-corrected chi connectivity index (χ0v) is 20.3. The molecule has 1 unspecified atom stereocenters. The second kappa shape index (κ2) is 12.3. The number of benzene rings is 1. The van der Waals surface area contributed by atoms with Crippen LogP contribution in [0.25, 0.3) is 0 Å². The van der Waals surface area contributed by atoms with E-state index in [1.54, 1.807) is 20.8 Å². The maximum atomic E-state index is 12.3. The number of hydrogen-bond donors (Lipinski definition) is 1. The first kappa shape index (κ1) is 26.4. The smallest absolute Gasteiger partial charge is 0.407 e. The van der Waals surface area contributed by atoms with Crippen molar-refractivity contribution in [2.75, 3.05) is 36.9 Å². The van der Waals surface area contributed by atoms with Gasteiger partial charge in [0.15, 0.2) is 0 Å². The van der Waals surface area contributed by atoms with Crippen LogP contribution in [0.2, 0.25) is 0 Å². The predicted octanol–water partition coefficient (Wildman–Crippen LogP) is 4.59. The molecule has 8 heteroatoms. The van der Waals surface area contributed by atoms with E-state index in [9.17, 15) is 9.59 Å². The van der Waals surface area contributed by atoms with Gasteiger partial charge in [-0.15, -0.1) is 23.2 Å². The molecule has 0 aliphatic heterocycles. The number of methoxy groups -OCH3 is 1. The minimum absolute atomic E-state index is 0.0475. The summed E-state index contributed by atoms with van der Waals surface area (Å²) in [6.45, 7) is 10.8. The van der Waals surface area contributed by atoms with Gasteiger partial charge in [-0.2, -0.15) is 0 Å². The first-order valence-corrected chi connectivity index (χ1v) is 11.1. The summed E-state index contributed by atoms with van der Waals surface area (Å²) in [5, 5.41) is 2.82. The van der Waals surface area contributed by atoms with Gasteiger partial charge in [0.2, 0.25) is 0 Å². The second-order valence-electron chi connectivity index (χ2n) is 8.20. The number of esters is 1. The number of anilines is 1. The summed E-state index contributed by atoms with van der Waals surface area (Å²) in [4.78, 5) is 26.4. The van der Waals surface area contributed by atoms with Gasteiger partial charge in [0.05, 0.1) is 13.5 Å². The fourth-order valence-electron chi connectivity index (χ4n) is 3.27. The van der Waals surface area contributed by atoms with Crippen LogP contribution in [0.5, 0.6) is 0 Å². The molecule has 0 bridgehead atoms. The molecule has 1 atom stereocenters. The van der Waals surface area contributed by atoms with Crippen molar-refractivity contribution in [3.05, 3.63) is 28.8 Å². The van der Waals surface area contributed by atoms with Gasteiger partial charge in [-0.3, -0.25) is 4.79 Å². The molecule has 1 N–H and O–H groups in total. The van der Waals surface area contributed by atoms with E-state index < -0.39 is 23.7 Å². The summed E-state index contributed by atoms with van der Waals surface area (Å²) in [6, 6.07) is 3.63. The highest BCUT2D eigenvalue weighted by atomic mass is 35.5. The standard InChI is InChI=1S/C22H34Cl2N2O4/c1-15-7-8-19(26(11-9-23)12-10-24)16(2)18(15)13-17(14-20(27)29-6)25-21(28)30-22(3,4)5/h7-8,17H,9-14H2,1-6H3,(H,25,28). The normalized spacial score (nSPS) is 12.3. The van der Waals surface area contributed by atoms with E-state index in [1.807, 2.05) is 19.9 Å². The second-order valence-corrected chi connectivity index (χ2v) is 8.95. The van der Waals surface area contributed by atoms with Gasteiger partial charge in [-0.1, -0.05) is 6.07 Å². The highest BCUT2D eigenvalue weighted by molar-refractivity contribution is 6.18. The number of nitrogens with zero attached hydrogens (tertiary/aromatic N) is 1. The van der Waals surface area contributed by atoms with Crippen molar-refractivity contribution in [1.29, 1.82) is 0 Å². The van der Waals surface area contributed by atoms with Crippen molar-refractivity contribution >= 4 is 41.0 Å². The van der Waals surface area contributed by atoms with Crippen molar-refractivity contribution in [3.8, 4) is 0 Å². The summed E-state index contributed by atoms with van der Waals surface area (Å²) in [6.07, 6.45) is -0.0461. The van der Waals surface area contributed by atoms with Gasteiger partial charge < -0.3 is 19.7 Å². The van der Waals surface area contributed by atoms with Crippen LogP contribution in [0.1, 0.15) is 43.9 Å². The lowest BCUT2D eigenvalue weighted by molar-refractivity contribution is -0.141. The van der Waals surface area contributed by atoms with E-state index in [-0.39, 0.29) is 6.42 Å². The van der Waals surface area contributed by atoms with Crippen LogP contribution >= 0.6 is 23.2 Å². The number of ether oxygens (including phenoxy) is 2. The van der Waals surface area contributed by atoms with Crippen LogP contribution in [-0.4, -0.2) is 55.7 Å². The molecule has 170 valence electrons. The lowest BCUT2D eigenvalue weighted by Crippen LogP contribution is -2.41. The molecule has 0 saturated heterocycles. The van der Waals surface area contributed by atoms with E-state index in [0.717, 1.165) is 22.4 Å². The third-order valence-corrected chi connectivity index (χ3v) is 5.00. The van der Waals surface area contributed by atoms with Crippen LogP contribution in [0.4, 0.5) is 10.5 Å². The molecule has 1 rings (SSSR count). The average molecular weight is 461 g/mol. The highest BCUT2D eigenvalue weighted by Crippen LogP contribution is 2.28. The molecular weight excluding hydrogens is 427 g/mol. The molecule has 0 radical (unpaired) electrons. The van der Waals surface area contributed by atoms with E-state index >= 15 is 0 Å². The van der Waals surface area contributed by atoms with Crippen molar-refractivity contribution in [1.82, 2.24) is 5.32 Å². The van der Waals surface area contributed by atoms with E-state index in [0.29, 0.717) is 31.3 Å². The Morgan fingerprint density at radius 1 is 1.13 bits per heavy atom. The molecular formula is C22H34Cl2N2O4. The number of carbonyl (C=O) groups is 2. The largest absolute Gasteiger partial charge is 0.469 e. The Kier molecular flexibility index (Phi) is 10.8. The Hall–Kier alpha value is -1.66. The number of aryl methyl sites for hydroxylation is 1. The number of amides is 1. The first-order valence-electron chi connectivity index (χ1n) is 10.0. The quantitative estimate of drug-likeness (QED) is 0.408. The van der Waals surface area contributed by atoms with Crippen LogP contribution in [0, 0.1) is 13.8 Å². The van der Waals surface area contributed by atoms with E-state index in [4.69, 9.17) is 32.7 Å². The topological polar surface area (TPSA) is 67.9 Å². The summed E-state index contributed by atoms with van der Waals surface area (Å²) < 4.78 is 10.2. The molecule has 0 aliphatic rings. The van der Waals surface area contributed by atoms with E-state index in [2.05, 4.69) is 16.3 Å². The van der Waals surface area contributed by atoms with Crippen LogP contribution < -0.4 is 10.2 Å². The van der Waals surface area contributed by atoms with Crippen molar-refractivity contribution in [3.63, 3.8) is 0 Å². The molecule has 1 amide bonds. The van der Waals surface area contributed by atoms with Crippen LogP contribution in [0.15, 0.2) is 12.1 Å². The third kappa shape index (κ3) is 8.60. The average Bonchev–Trinajstić information content (AvgIpc) is 2.63. The molecule has 0 fully saturated rings. The Balaban J connectivity index is 3.19. The van der Waals surface area contributed by atoms with E-state index in [1.165, 1.54) is 7.11 Å². The minimum atomic E-state index is -0.630. The van der Waals surface area contributed by atoms with Gasteiger partial charge in [0.1, 0.15) is 5.60 Å². The van der Waals surface area contributed by atoms with Crippen LogP contribution in [0.3, 0.4) is 0 Å². The number of hydrogen-bond acceptors (Lipinski definition) is 5. The third-order valence-electron chi connectivity index (χ3n) is 4.67. The zero-order chi connectivity index (χ0) is 22.9. The number of halogens is 2. The Bertz CT molecular complexity index is 714. The first-order chi connectivity index (χ1) is 14.0. The number of alkyl carbamates (subject to hydrolysis) is 1. The van der Waals surface area contributed by atoms with Crippen molar-refractivity contribution in [2.45, 2.75) is 59.1 Å². The molecule has 0 spiro atoms. The molecule has 30 heavy (non-hydrogen) atoms. The Labute approximate surface area is 190 Å². The Morgan fingerprint density at radius 3 is 2.23 bits per heavy atom. The lowest BCUT2D eigenvalue weighted by atomic mass is 9.93. The minimum Gasteiger partial charge on any atom is -0.469 e. The highest BCUT2D eigenvalue weighted by Gasteiger charge is 2.24. The summed E-state index contributed by atoms with van der Waals surface area (Å²) in [5.74, 6) is 0.587. The van der Waals surface area contributed by atoms with Gasteiger partial charge >= 0.3 is 12.1 Å². The van der Waals surface area contributed by atoms with Gasteiger partial charge in [0.25, 0.3) is 0 Å². The molecule has 1 aromatic carbocycles. The Morgan fingerprint density at radius 2 is 1.73 bits per heavy atom. The number of alkyl halides is 2. The van der Waals surface area contributed by atoms with Gasteiger partial charge in [0, 0.05) is 36.6 Å². The molecule has 6 nitrogen and oxygen atoms in total. The summed E-state index contributed by atoms with van der Waals surface area (Å²) in [7, 11) is 1.33. The van der Waals surface area contributed by atoms with Crippen molar-refractivity contribution in [2.24, 2.45) is 0 Å². The molecule has 0 saturated carbocycles. The zero-order valence-electron chi connectivity index (χ0n) is 18.8. The van der Waals surface area contributed by atoms with Crippen molar-refractivity contribution < 1.29 is 19.1 Å². The number of nitrogens with one attached hydrogen (secondary N) is 1. The van der Waals surface area contributed by atoms with Crippen LogP contribution in [-0.2, 0) is 20.7 Å². The SMILES string of the molecule is COC(=O)CC(Cc1c(C)ccc(N(CCCl)CCCl)c1C)NC(=O)OC(C)(C)C. The lowest BCUT2D eigenvalue weighted by Gasteiger charge is -2.28. The van der Waals surface area contributed by atoms with Gasteiger partial charge in [-0.05, 0) is 63.8 Å². The molecule has 0 aliphatic carbocycles. The summed E-state index contributed by atoms with van der Waals surface area (Å²) >= 11 is 12.0. The fraction of sp³-hybridized carbons (Fsp3) is 0.636. The maximum absolute atomic E-state index is 12.3. The monoisotopic (exact) mass is 460 g/mol. The molecule has 0 heterocycles. The number of rotatable bonds is 10. The molecule has 1 aromatic rings. The summed E-state index contributed by atoms with van der Waals surface area (Å²) in [5.41, 5.74) is 3.63.